The number of nitrogens with zero attached hydrogens (tertiary/aromatic N) is 2. The molecule has 0 fully saturated rings. The molecule has 0 N–H and O–H groups in total. The van der Waals surface area contributed by atoms with E-state index in [0.29, 0.717) is 0 Å². The Hall–Kier alpha value is -1.70. The summed E-state index contributed by atoms with van der Waals surface area (Å²) >= 11 is 0. The first-order chi connectivity index (χ1) is 11.2. The van der Waals surface area contributed by atoms with Gasteiger partial charge in [0.15, 0.2) is 0 Å². The number of rotatable bonds is 0. The van der Waals surface area contributed by atoms with Crippen LogP contribution in [0.25, 0.3) is 0 Å². The van der Waals surface area contributed by atoms with Crippen LogP contribution in [-0.2, 0) is 10.8 Å². The van der Waals surface area contributed by atoms with Gasteiger partial charge in [0.2, 0.25) is 0 Å². The van der Waals surface area contributed by atoms with Crippen molar-refractivity contribution in [2.45, 2.75) is 102 Å². The quantitative estimate of drug-likeness (QED) is 0.458. The summed E-state index contributed by atoms with van der Waals surface area (Å²) in [6, 6.07) is 8.19. The molecule has 0 saturated heterocycles. The number of hydrogen-bond donors (Lipinski definition) is 0. The summed E-state index contributed by atoms with van der Waals surface area (Å²) in [6.45, 7) is 21.1. The van der Waals surface area contributed by atoms with E-state index in [4.69, 9.17) is 0 Å². The van der Waals surface area contributed by atoms with Crippen LogP contribution in [0.15, 0.2) is 49.1 Å². The van der Waals surface area contributed by atoms with Crippen molar-refractivity contribution >= 4 is 0 Å². The minimum Gasteiger partial charge on any atom is -0.265 e. The molecule has 0 radical (unpaired) electrons. The number of pyridine rings is 2. The zero-order chi connectivity index (χ0) is 19.2. The second kappa shape index (κ2) is 19.1. The molecule has 2 heteroatoms. The van der Waals surface area contributed by atoms with Gasteiger partial charge in [-0.1, -0.05) is 97.6 Å². The molecule has 0 unspecified atom stereocenters. The molecular formula is C25H50N2. The Bertz CT molecular complexity index is 442. The molecule has 0 spiro atoms. The van der Waals surface area contributed by atoms with Gasteiger partial charge >= 0.3 is 0 Å². The van der Waals surface area contributed by atoms with Gasteiger partial charge in [0.25, 0.3) is 0 Å². The van der Waals surface area contributed by atoms with E-state index in [2.05, 4.69) is 69.7 Å². The van der Waals surface area contributed by atoms with Crippen LogP contribution in [0.4, 0.5) is 0 Å². The standard InChI is InChI=1S/2C9H13N.2C2H6.3CH4/c1-9(2,3)8-4-6-10-7-5-8;1-9(2,3)8-5-4-6-10-7-8;2*1-2;;;/h2*4-7H,1-3H3;2*1-2H3;3*1H4. The van der Waals surface area contributed by atoms with E-state index in [-0.39, 0.29) is 33.1 Å². The fraction of sp³-hybridized carbons (Fsp3) is 0.600. The monoisotopic (exact) mass is 378 g/mol. The molecule has 0 saturated carbocycles. The summed E-state index contributed by atoms with van der Waals surface area (Å²) in [5.74, 6) is 0. The molecule has 160 valence electrons. The topological polar surface area (TPSA) is 25.8 Å². The van der Waals surface area contributed by atoms with Crippen LogP contribution in [0.2, 0.25) is 0 Å². The van der Waals surface area contributed by atoms with Crippen LogP contribution in [0.3, 0.4) is 0 Å². The lowest BCUT2D eigenvalue weighted by atomic mass is 9.88. The van der Waals surface area contributed by atoms with Crippen molar-refractivity contribution in [2.24, 2.45) is 0 Å². The molecule has 2 rings (SSSR count). The third-order valence-corrected chi connectivity index (χ3v) is 3.07. The predicted molar refractivity (Wildman–Crippen MR) is 129 cm³/mol. The second-order valence-electron chi connectivity index (χ2n) is 6.98. The highest BCUT2D eigenvalue weighted by Crippen LogP contribution is 2.20. The summed E-state index contributed by atoms with van der Waals surface area (Å²) in [4.78, 5) is 8.01. The normalized spacial score (nSPS) is 8.96. The van der Waals surface area contributed by atoms with E-state index in [9.17, 15) is 0 Å². The van der Waals surface area contributed by atoms with Gasteiger partial charge in [-0.25, -0.2) is 0 Å². The summed E-state index contributed by atoms with van der Waals surface area (Å²) in [7, 11) is 0. The van der Waals surface area contributed by atoms with Crippen molar-refractivity contribution in [3.8, 4) is 0 Å². The molecule has 0 aliphatic heterocycles. The van der Waals surface area contributed by atoms with Gasteiger partial charge in [-0.15, -0.1) is 0 Å². The summed E-state index contributed by atoms with van der Waals surface area (Å²) in [5, 5.41) is 0. The van der Waals surface area contributed by atoms with E-state index in [0.717, 1.165) is 0 Å². The summed E-state index contributed by atoms with van der Waals surface area (Å²) in [6.07, 6.45) is 7.39. The molecule has 2 aromatic heterocycles. The fourth-order valence-electron chi connectivity index (χ4n) is 1.66. The summed E-state index contributed by atoms with van der Waals surface area (Å²) < 4.78 is 0. The minimum atomic E-state index is 0. The molecule has 0 atom stereocenters. The van der Waals surface area contributed by atoms with E-state index in [1.165, 1.54) is 11.1 Å². The van der Waals surface area contributed by atoms with Crippen molar-refractivity contribution in [2.75, 3.05) is 0 Å². The molecule has 0 aromatic carbocycles. The fourth-order valence-corrected chi connectivity index (χ4v) is 1.66. The van der Waals surface area contributed by atoms with Crippen molar-refractivity contribution in [1.29, 1.82) is 0 Å². The van der Waals surface area contributed by atoms with Crippen molar-refractivity contribution in [3.05, 3.63) is 60.2 Å². The van der Waals surface area contributed by atoms with E-state index < -0.39 is 0 Å². The second-order valence-corrected chi connectivity index (χ2v) is 6.98. The highest BCUT2D eigenvalue weighted by Gasteiger charge is 2.12. The Labute approximate surface area is 172 Å². The zero-order valence-corrected chi connectivity index (χ0v) is 17.5. The number of hydrogen-bond acceptors (Lipinski definition) is 2. The zero-order valence-electron chi connectivity index (χ0n) is 17.5. The maximum absolute atomic E-state index is 4.05. The molecule has 27 heavy (non-hydrogen) atoms. The third-order valence-electron chi connectivity index (χ3n) is 3.07. The van der Waals surface area contributed by atoms with Crippen molar-refractivity contribution < 1.29 is 0 Å². The van der Waals surface area contributed by atoms with Crippen LogP contribution in [0.1, 0.15) is 103 Å². The van der Waals surface area contributed by atoms with Gasteiger partial charge < -0.3 is 0 Å². The first-order valence-corrected chi connectivity index (χ1v) is 9.02. The van der Waals surface area contributed by atoms with E-state index >= 15 is 0 Å². The van der Waals surface area contributed by atoms with E-state index in [1.54, 1.807) is 6.20 Å². The van der Waals surface area contributed by atoms with Gasteiger partial charge in [0, 0.05) is 24.8 Å². The van der Waals surface area contributed by atoms with Crippen LogP contribution < -0.4 is 0 Å². The maximum Gasteiger partial charge on any atom is 0.0305 e. The average molecular weight is 379 g/mol. The Morgan fingerprint density at radius 2 is 0.963 bits per heavy atom. The van der Waals surface area contributed by atoms with Gasteiger partial charge in [0.1, 0.15) is 0 Å². The van der Waals surface area contributed by atoms with Crippen LogP contribution in [0.5, 0.6) is 0 Å². The van der Waals surface area contributed by atoms with E-state index in [1.807, 2.05) is 52.4 Å². The first-order valence-electron chi connectivity index (χ1n) is 9.02. The van der Waals surface area contributed by atoms with Crippen molar-refractivity contribution in [1.82, 2.24) is 9.97 Å². The summed E-state index contributed by atoms with van der Waals surface area (Å²) in [5.41, 5.74) is 3.11. The Morgan fingerprint density at radius 3 is 1.19 bits per heavy atom. The Morgan fingerprint density at radius 1 is 0.556 bits per heavy atom. The molecule has 2 aromatic rings. The number of aromatic nitrogens is 2. The molecule has 0 aliphatic carbocycles. The highest BCUT2D eigenvalue weighted by atomic mass is 14.6. The molecule has 0 bridgehead atoms. The highest BCUT2D eigenvalue weighted by molar-refractivity contribution is 5.19. The Balaban J connectivity index is -0.0000000921. The van der Waals surface area contributed by atoms with Gasteiger partial charge in [-0.05, 0) is 40.2 Å². The van der Waals surface area contributed by atoms with Gasteiger partial charge in [0.05, 0.1) is 0 Å². The molecular weight excluding hydrogens is 328 g/mol. The molecule has 2 nitrogen and oxygen atoms in total. The Kier molecular flexibility index (Phi) is 25.6. The smallest absolute Gasteiger partial charge is 0.0305 e. The molecule has 2 heterocycles. The van der Waals surface area contributed by atoms with Crippen LogP contribution in [0, 0.1) is 0 Å². The lowest BCUT2D eigenvalue weighted by Crippen LogP contribution is -2.10. The minimum absolute atomic E-state index is 0. The lowest BCUT2D eigenvalue weighted by Gasteiger charge is -2.17. The average Bonchev–Trinajstić information content (AvgIpc) is 2.59. The SMILES string of the molecule is C.C.C.CC.CC.CC(C)(C)c1cccnc1.CC(C)(C)c1ccncc1. The molecule has 0 aliphatic rings. The third kappa shape index (κ3) is 17.5. The first kappa shape index (κ1) is 36.3. The predicted octanol–water partition coefficient (Wildman–Crippen LogP) is 8.72. The largest absolute Gasteiger partial charge is 0.265 e. The maximum atomic E-state index is 4.05. The molecule has 0 amide bonds. The van der Waals surface area contributed by atoms with Crippen LogP contribution in [-0.4, -0.2) is 9.97 Å². The van der Waals surface area contributed by atoms with Crippen molar-refractivity contribution in [3.63, 3.8) is 0 Å². The van der Waals surface area contributed by atoms with Gasteiger partial charge in [-0.3, -0.25) is 9.97 Å². The lowest BCUT2D eigenvalue weighted by molar-refractivity contribution is 0.587. The van der Waals surface area contributed by atoms with Crippen LogP contribution >= 0.6 is 0 Å². The van der Waals surface area contributed by atoms with Gasteiger partial charge in [-0.2, -0.15) is 0 Å².